The summed E-state index contributed by atoms with van der Waals surface area (Å²) in [4.78, 5) is 49.9. The highest BCUT2D eigenvalue weighted by atomic mass is 16.7. The zero-order chi connectivity index (χ0) is 15.4. The van der Waals surface area contributed by atoms with Crippen LogP contribution in [0.15, 0.2) is 24.3 Å². The largest absolute Gasteiger partial charge is 0.465 e. The van der Waals surface area contributed by atoms with Gasteiger partial charge >= 0.3 is 12.1 Å². The van der Waals surface area contributed by atoms with E-state index in [1.54, 1.807) is 17.4 Å². The van der Waals surface area contributed by atoms with E-state index in [0.29, 0.717) is 5.06 Å². The van der Waals surface area contributed by atoms with Gasteiger partial charge in [0, 0.05) is 6.54 Å². The van der Waals surface area contributed by atoms with E-state index in [2.05, 4.69) is 5.32 Å². The highest BCUT2D eigenvalue weighted by molar-refractivity contribution is 6.20. The Balaban J connectivity index is 1.83. The number of nitrogens with zero attached hydrogens (tertiary/aromatic N) is 1. The van der Waals surface area contributed by atoms with Crippen LogP contribution in [0.5, 0.6) is 0 Å². The minimum absolute atomic E-state index is 0.0769. The van der Waals surface area contributed by atoms with Crippen molar-refractivity contribution in [1.29, 1.82) is 0 Å². The first-order valence-electron chi connectivity index (χ1n) is 5.89. The smallest absolute Gasteiger partial charge is 0.412 e. The first kappa shape index (κ1) is 14.5. The Kier molecular flexibility index (Phi) is 4.14. The van der Waals surface area contributed by atoms with Crippen molar-refractivity contribution in [3.63, 3.8) is 0 Å². The Labute approximate surface area is 118 Å². The minimum Gasteiger partial charge on any atom is -0.465 e. The van der Waals surface area contributed by atoms with Crippen molar-refractivity contribution in [3.8, 4) is 0 Å². The SMILES string of the molecule is O=C(O)NC(=O)NCCON1C(=O)c2ccccc2C1=O. The van der Waals surface area contributed by atoms with Crippen LogP contribution in [0.25, 0.3) is 0 Å². The molecule has 2 rings (SSSR count). The van der Waals surface area contributed by atoms with Crippen LogP contribution in [0.2, 0.25) is 0 Å². The molecule has 21 heavy (non-hydrogen) atoms. The molecule has 1 aliphatic heterocycles. The van der Waals surface area contributed by atoms with E-state index >= 15 is 0 Å². The number of nitrogens with one attached hydrogen (secondary N) is 2. The summed E-state index contributed by atoms with van der Waals surface area (Å²) in [5, 5.41) is 12.6. The summed E-state index contributed by atoms with van der Waals surface area (Å²) in [6.07, 6.45) is -1.49. The molecule has 0 unspecified atom stereocenters. The van der Waals surface area contributed by atoms with Gasteiger partial charge in [-0.15, -0.1) is 5.06 Å². The van der Waals surface area contributed by atoms with E-state index in [1.807, 2.05) is 0 Å². The molecule has 0 saturated heterocycles. The number of benzene rings is 1. The number of imide groups is 2. The van der Waals surface area contributed by atoms with E-state index in [4.69, 9.17) is 9.94 Å². The molecule has 1 heterocycles. The highest BCUT2D eigenvalue weighted by Gasteiger charge is 2.36. The summed E-state index contributed by atoms with van der Waals surface area (Å²) in [5.41, 5.74) is 0.498. The van der Waals surface area contributed by atoms with Crippen LogP contribution in [0.3, 0.4) is 0 Å². The van der Waals surface area contributed by atoms with Crippen molar-refractivity contribution in [2.24, 2.45) is 0 Å². The molecule has 0 bridgehead atoms. The third kappa shape index (κ3) is 3.15. The van der Waals surface area contributed by atoms with Gasteiger partial charge in [-0.25, -0.2) is 14.9 Å². The molecular weight excluding hydrogens is 282 g/mol. The van der Waals surface area contributed by atoms with Crippen LogP contribution in [0, 0.1) is 0 Å². The number of hydrogen-bond acceptors (Lipinski definition) is 5. The third-order valence-corrected chi connectivity index (χ3v) is 2.59. The van der Waals surface area contributed by atoms with Crippen molar-refractivity contribution < 1.29 is 29.1 Å². The molecule has 1 aliphatic rings. The standard InChI is InChI=1S/C12H11N3O6/c16-9-7-3-1-2-4-8(7)10(17)15(9)21-6-5-13-11(18)14-12(19)20/h1-4H,5-6H2,(H,19,20)(H2,13,14,18). The highest BCUT2D eigenvalue weighted by Crippen LogP contribution is 2.22. The maximum Gasteiger partial charge on any atom is 0.412 e. The summed E-state index contributed by atoms with van der Waals surface area (Å²) in [6.45, 7) is -0.245. The molecule has 1 aromatic carbocycles. The van der Waals surface area contributed by atoms with E-state index in [9.17, 15) is 19.2 Å². The van der Waals surface area contributed by atoms with Crippen molar-refractivity contribution in [2.75, 3.05) is 13.2 Å². The number of urea groups is 1. The molecular formula is C12H11N3O6. The lowest BCUT2D eigenvalue weighted by Crippen LogP contribution is -2.41. The lowest BCUT2D eigenvalue weighted by Gasteiger charge is -2.13. The van der Waals surface area contributed by atoms with Crippen LogP contribution in [0.4, 0.5) is 9.59 Å². The van der Waals surface area contributed by atoms with E-state index in [0.717, 1.165) is 0 Å². The van der Waals surface area contributed by atoms with Crippen LogP contribution < -0.4 is 10.6 Å². The minimum atomic E-state index is -1.49. The molecule has 110 valence electrons. The molecule has 9 heteroatoms. The maximum atomic E-state index is 11.9. The Morgan fingerprint density at radius 2 is 1.71 bits per heavy atom. The van der Waals surface area contributed by atoms with Gasteiger partial charge in [-0.1, -0.05) is 12.1 Å². The second-order valence-electron chi connectivity index (χ2n) is 3.97. The monoisotopic (exact) mass is 293 g/mol. The number of hydrogen-bond donors (Lipinski definition) is 3. The fourth-order valence-corrected chi connectivity index (χ4v) is 1.73. The number of amides is 5. The van der Waals surface area contributed by atoms with Crippen LogP contribution in [-0.2, 0) is 4.84 Å². The molecule has 5 amide bonds. The predicted molar refractivity (Wildman–Crippen MR) is 67.5 cm³/mol. The average Bonchev–Trinajstić information content (AvgIpc) is 2.68. The second kappa shape index (κ2) is 6.01. The van der Waals surface area contributed by atoms with Gasteiger partial charge in [0.15, 0.2) is 0 Å². The molecule has 0 aliphatic carbocycles. The fraction of sp³-hybridized carbons (Fsp3) is 0.167. The Bertz CT molecular complexity index is 580. The quantitative estimate of drug-likeness (QED) is 0.537. The number of rotatable bonds is 4. The molecule has 0 radical (unpaired) electrons. The van der Waals surface area contributed by atoms with Crippen LogP contribution in [-0.4, -0.2) is 47.3 Å². The second-order valence-corrected chi connectivity index (χ2v) is 3.97. The van der Waals surface area contributed by atoms with Crippen molar-refractivity contribution in [1.82, 2.24) is 15.7 Å². The van der Waals surface area contributed by atoms with Gasteiger partial charge in [-0.05, 0) is 12.1 Å². The molecule has 1 aromatic rings. The normalized spacial score (nSPS) is 13.0. The molecule has 0 aromatic heterocycles. The summed E-state index contributed by atoms with van der Waals surface area (Å²) in [7, 11) is 0. The van der Waals surface area contributed by atoms with Gasteiger partial charge in [0.05, 0.1) is 17.7 Å². The number of hydroxylamine groups is 2. The molecule has 0 spiro atoms. The summed E-state index contributed by atoms with van der Waals surface area (Å²) >= 11 is 0. The molecule has 0 saturated carbocycles. The number of fused-ring (bicyclic) bond motifs is 1. The maximum absolute atomic E-state index is 11.9. The lowest BCUT2D eigenvalue weighted by molar-refractivity contribution is -0.0891. The first-order chi connectivity index (χ1) is 10.0. The van der Waals surface area contributed by atoms with E-state index in [1.165, 1.54) is 12.1 Å². The zero-order valence-corrected chi connectivity index (χ0v) is 10.7. The number of carbonyl (C=O) groups is 4. The van der Waals surface area contributed by atoms with E-state index < -0.39 is 23.9 Å². The lowest BCUT2D eigenvalue weighted by atomic mass is 10.1. The Morgan fingerprint density at radius 1 is 1.14 bits per heavy atom. The van der Waals surface area contributed by atoms with Gasteiger partial charge < -0.3 is 10.4 Å². The van der Waals surface area contributed by atoms with E-state index in [-0.39, 0.29) is 24.3 Å². The topological polar surface area (TPSA) is 125 Å². The Hall–Kier alpha value is -2.94. The fourth-order valence-electron chi connectivity index (χ4n) is 1.73. The molecule has 0 atom stereocenters. The van der Waals surface area contributed by atoms with Crippen molar-refractivity contribution in [3.05, 3.63) is 35.4 Å². The van der Waals surface area contributed by atoms with Gasteiger partial charge in [-0.2, -0.15) is 0 Å². The summed E-state index contributed by atoms with van der Waals surface area (Å²) < 4.78 is 0. The molecule has 0 fully saturated rings. The summed E-state index contributed by atoms with van der Waals surface area (Å²) in [5.74, 6) is -1.16. The molecule has 3 N–H and O–H groups in total. The van der Waals surface area contributed by atoms with Gasteiger partial charge in [0.1, 0.15) is 0 Å². The van der Waals surface area contributed by atoms with Crippen LogP contribution >= 0.6 is 0 Å². The third-order valence-electron chi connectivity index (χ3n) is 2.59. The molecule has 9 nitrogen and oxygen atoms in total. The Morgan fingerprint density at radius 3 is 2.24 bits per heavy atom. The van der Waals surface area contributed by atoms with Crippen molar-refractivity contribution in [2.45, 2.75) is 0 Å². The summed E-state index contributed by atoms with van der Waals surface area (Å²) in [6, 6.07) is 5.36. The van der Waals surface area contributed by atoms with Crippen LogP contribution in [0.1, 0.15) is 20.7 Å². The number of carbonyl (C=O) groups excluding carboxylic acids is 3. The van der Waals surface area contributed by atoms with Gasteiger partial charge in [0.2, 0.25) is 0 Å². The first-order valence-corrected chi connectivity index (χ1v) is 5.89. The van der Waals surface area contributed by atoms with Gasteiger partial charge in [0.25, 0.3) is 11.8 Å². The number of carboxylic acid groups (broad SMARTS) is 1. The zero-order valence-electron chi connectivity index (χ0n) is 10.7. The predicted octanol–water partition coefficient (Wildman–Crippen LogP) is 0.191. The van der Waals surface area contributed by atoms with Gasteiger partial charge in [-0.3, -0.25) is 14.4 Å². The average molecular weight is 293 g/mol. The van der Waals surface area contributed by atoms with Crippen molar-refractivity contribution >= 4 is 23.9 Å².